The predicted octanol–water partition coefficient (Wildman–Crippen LogP) is 2.69. The number of rotatable bonds is 4. The van der Waals surface area contributed by atoms with Gasteiger partial charge in [-0.05, 0) is 38.7 Å². The normalized spacial score (nSPS) is 14.5. The van der Waals surface area contributed by atoms with Crippen LogP contribution in [0.3, 0.4) is 0 Å². The van der Waals surface area contributed by atoms with Crippen molar-refractivity contribution in [1.29, 1.82) is 0 Å². The Morgan fingerprint density at radius 2 is 2.32 bits per heavy atom. The summed E-state index contributed by atoms with van der Waals surface area (Å²) >= 11 is 3.27. The minimum absolute atomic E-state index is 0.0115. The molecule has 1 aliphatic carbocycles. The first-order chi connectivity index (χ1) is 10.7. The molecule has 22 heavy (non-hydrogen) atoms. The molecule has 2 aromatic rings. The molecule has 0 unspecified atom stereocenters. The van der Waals surface area contributed by atoms with Crippen LogP contribution >= 0.6 is 23.1 Å². The van der Waals surface area contributed by atoms with E-state index >= 15 is 0 Å². The maximum absolute atomic E-state index is 12.4. The van der Waals surface area contributed by atoms with Gasteiger partial charge in [0.15, 0.2) is 5.17 Å². The Labute approximate surface area is 137 Å². The van der Waals surface area contributed by atoms with Gasteiger partial charge in [-0.2, -0.15) is 0 Å². The van der Waals surface area contributed by atoms with E-state index in [-0.39, 0.29) is 5.56 Å². The van der Waals surface area contributed by atoms with Crippen molar-refractivity contribution >= 4 is 38.5 Å². The van der Waals surface area contributed by atoms with Gasteiger partial charge in [-0.15, -0.1) is 11.3 Å². The van der Waals surface area contributed by atoms with E-state index in [0.717, 1.165) is 53.6 Å². The fraction of sp³-hybridized carbons (Fsp3) is 0.533. The van der Waals surface area contributed by atoms with Crippen LogP contribution in [0.4, 0.5) is 0 Å². The molecule has 2 heterocycles. The van der Waals surface area contributed by atoms with Crippen LogP contribution in [0.5, 0.6) is 0 Å². The Balaban J connectivity index is 1.83. The van der Waals surface area contributed by atoms with Gasteiger partial charge >= 0.3 is 0 Å². The molecule has 0 aromatic carbocycles. The van der Waals surface area contributed by atoms with Crippen LogP contribution in [0.25, 0.3) is 10.2 Å². The summed E-state index contributed by atoms with van der Waals surface area (Å²) in [4.78, 5) is 26.6. The van der Waals surface area contributed by atoms with E-state index in [1.54, 1.807) is 23.1 Å². The van der Waals surface area contributed by atoms with Gasteiger partial charge in [-0.3, -0.25) is 9.79 Å². The summed E-state index contributed by atoms with van der Waals surface area (Å²) < 4.78 is 0. The number of thioether (sulfide) groups is 1. The number of aromatic amines is 1. The highest BCUT2D eigenvalue weighted by Crippen LogP contribution is 2.34. The van der Waals surface area contributed by atoms with Crippen molar-refractivity contribution in [2.45, 2.75) is 38.9 Å². The first kappa shape index (κ1) is 15.6. The van der Waals surface area contributed by atoms with Crippen LogP contribution in [-0.4, -0.2) is 28.2 Å². The molecule has 0 saturated heterocycles. The lowest BCUT2D eigenvalue weighted by Gasteiger charge is -2.07. The average molecular weight is 336 g/mol. The molecule has 0 radical (unpaired) electrons. The number of nitrogens with zero attached hydrogens (tertiary/aromatic N) is 2. The predicted molar refractivity (Wildman–Crippen MR) is 95.2 cm³/mol. The van der Waals surface area contributed by atoms with Gasteiger partial charge in [0.1, 0.15) is 10.7 Å². The van der Waals surface area contributed by atoms with Gasteiger partial charge in [-0.1, -0.05) is 11.8 Å². The van der Waals surface area contributed by atoms with Crippen LogP contribution < -0.4 is 10.9 Å². The number of aromatic nitrogens is 2. The van der Waals surface area contributed by atoms with Gasteiger partial charge in [0, 0.05) is 18.0 Å². The number of hydrogen-bond acceptors (Lipinski definition) is 5. The van der Waals surface area contributed by atoms with Gasteiger partial charge in [0.05, 0.1) is 11.1 Å². The zero-order valence-electron chi connectivity index (χ0n) is 12.9. The highest BCUT2D eigenvalue weighted by Gasteiger charge is 2.21. The fourth-order valence-corrected chi connectivity index (χ4v) is 4.86. The van der Waals surface area contributed by atoms with Crippen molar-refractivity contribution < 1.29 is 0 Å². The zero-order chi connectivity index (χ0) is 15.5. The molecule has 5 nitrogen and oxygen atoms in total. The van der Waals surface area contributed by atoms with Crippen LogP contribution in [0.2, 0.25) is 0 Å². The van der Waals surface area contributed by atoms with Crippen molar-refractivity contribution in [3.63, 3.8) is 0 Å². The Morgan fingerprint density at radius 3 is 3.09 bits per heavy atom. The summed E-state index contributed by atoms with van der Waals surface area (Å²) in [7, 11) is 0. The van der Waals surface area contributed by atoms with E-state index in [4.69, 9.17) is 0 Å². The second kappa shape index (κ2) is 6.83. The molecule has 0 spiro atoms. The number of fused-ring (bicyclic) bond motifs is 3. The number of aliphatic imine (C=N–C) groups is 1. The van der Waals surface area contributed by atoms with Crippen molar-refractivity contribution in [3.05, 3.63) is 26.6 Å². The summed E-state index contributed by atoms with van der Waals surface area (Å²) in [5, 5.41) is 4.96. The lowest BCUT2D eigenvalue weighted by Crippen LogP contribution is -2.20. The lowest BCUT2D eigenvalue weighted by atomic mass is 10.2. The SMILES string of the molecule is CCN=C(NCC)SCc1nc2sc3c(c2c(=O)[nH]1)CCC3. The second-order valence-electron chi connectivity index (χ2n) is 5.15. The maximum atomic E-state index is 12.4. The van der Waals surface area contributed by atoms with Gasteiger partial charge < -0.3 is 10.3 Å². The molecule has 0 saturated carbocycles. The lowest BCUT2D eigenvalue weighted by molar-refractivity contribution is 0.916. The van der Waals surface area contributed by atoms with E-state index in [0.29, 0.717) is 5.75 Å². The van der Waals surface area contributed by atoms with E-state index in [2.05, 4.69) is 20.3 Å². The van der Waals surface area contributed by atoms with E-state index in [1.165, 1.54) is 10.4 Å². The molecule has 2 aromatic heterocycles. The molecule has 0 fully saturated rings. The first-order valence-corrected chi connectivity index (χ1v) is 9.47. The third-order valence-electron chi connectivity index (χ3n) is 3.60. The quantitative estimate of drug-likeness (QED) is 0.665. The van der Waals surface area contributed by atoms with Gasteiger partial charge in [0.25, 0.3) is 5.56 Å². The molecule has 0 bridgehead atoms. The van der Waals surface area contributed by atoms with Crippen LogP contribution in [0.15, 0.2) is 9.79 Å². The second-order valence-corrected chi connectivity index (χ2v) is 7.20. The van der Waals surface area contributed by atoms with E-state index < -0.39 is 0 Å². The minimum atomic E-state index is 0.0115. The Morgan fingerprint density at radius 1 is 1.45 bits per heavy atom. The van der Waals surface area contributed by atoms with Gasteiger partial charge in [-0.25, -0.2) is 4.98 Å². The number of amidine groups is 1. The molecular formula is C15H20N4OS2. The van der Waals surface area contributed by atoms with Crippen molar-refractivity contribution in [2.75, 3.05) is 13.1 Å². The fourth-order valence-electron chi connectivity index (χ4n) is 2.70. The average Bonchev–Trinajstić information content (AvgIpc) is 3.05. The topological polar surface area (TPSA) is 70.1 Å². The smallest absolute Gasteiger partial charge is 0.259 e. The number of H-pyrrole nitrogens is 1. The molecule has 118 valence electrons. The molecule has 0 aliphatic heterocycles. The highest BCUT2D eigenvalue weighted by atomic mass is 32.2. The third-order valence-corrected chi connectivity index (χ3v) is 5.75. The minimum Gasteiger partial charge on any atom is -0.365 e. The van der Waals surface area contributed by atoms with Crippen molar-refractivity contribution in [1.82, 2.24) is 15.3 Å². The third kappa shape index (κ3) is 3.05. The highest BCUT2D eigenvalue weighted by molar-refractivity contribution is 8.13. The number of nitrogens with one attached hydrogen (secondary N) is 2. The number of hydrogen-bond donors (Lipinski definition) is 2. The van der Waals surface area contributed by atoms with Crippen molar-refractivity contribution in [3.8, 4) is 0 Å². The molecule has 7 heteroatoms. The summed E-state index contributed by atoms with van der Waals surface area (Å²) in [6, 6.07) is 0. The summed E-state index contributed by atoms with van der Waals surface area (Å²) in [6.07, 6.45) is 3.27. The first-order valence-electron chi connectivity index (χ1n) is 7.67. The maximum Gasteiger partial charge on any atom is 0.259 e. The molecule has 0 atom stereocenters. The molecule has 1 aliphatic rings. The Kier molecular flexibility index (Phi) is 4.83. The standard InChI is InChI=1S/C15H20N4OS2/c1-3-16-15(17-4-2)21-8-11-18-13(20)12-9-6-5-7-10(9)22-14(12)19-11/h3-8H2,1-2H3,(H,16,17)(H,18,19,20). The zero-order valence-corrected chi connectivity index (χ0v) is 14.5. The van der Waals surface area contributed by atoms with E-state index in [9.17, 15) is 4.79 Å². The van der Waals surface area contributed by atoms with Crippen molar-refractivity contribution in [2.24, 2.45) is 4.99 Å². The monoisotopic (exact) mass is 336 g/mol. The summed E-state index contributed by atoms with van der Waals surface area (Å²) in [5.74, 6) is 1.35. The van der Waals surface area contributed by atoms with Gasteiger partial charge in [0.2, 0.25) is 0 Å². The number of aryl methyl sites for hydroxylation is 2. The summed E-state index contributed by atoms with van der Waals surface area (Å²) in [5.41, 5.74) is 1.24. The Bertz CT molecular complexity index is 763. The van der Waals surface area contributed by atoms with Crippen LogP contribution in [0.1, 0.15) is 36.5 Å². The van der Waals surface area contributed by atoms with E-state index in [1.807, 2.05) is 13.8 Å². The molecule has 0 amide bonds. The largest absolute Gasteiger partial charge is 0.365 e. The number of thiophene rings is 1. The van der Waals surface area contributed by atoms with Crippen LogP contribution in [-0.2, 0) is 18.6 Å². The Hall–Kier alpha value is -1.34. The molecule has 2 N–H and O–H groups in total. The molecular weight excluding hydrogens is 316 g/mol. The summed E-state index contributed by atoms with van der Waals surface area (Å²) in [6.45, 7) is 5.64. The van der Waals surface area contributed by atoms with Crippen LogP contribution in [0, 0.1) is 0 Å². The molecule has 3 rings (SSSR count).